The lowest BCUT2D eigenvalue weighted by Crippen LogP contribution is -2.44. The Balaban J connectivity index is 2.42. The van der Waals surface area contributed by atoms with E-state index in [4.69, 9.17) is 9.53 Å². The minimum absolute atomic E-state index is 0.255. The quantitative estimate of drug-likeness (QED) is 0.786. The highest BCUT2D eigenvalue weighted by atomic mass is 28.4. The molecule has 1 fully saturated rings. The number of rotatable bonds is 4. The maximum absolute atomic E-state index is 10.7. The van der Waals surface area contributed by atoms with Crippen LogP contribution in [0.15, 0.2) is 0 Å². The molecule has 0 aromatic rings. The molecule has 0 amide bonds. The Morgan fingerprint density at radius 2 is 1.72 bits per heavy atom. The number of carboxylic acid groups (broad SMARTS) is 1. The number of carboxylic acids is 1. The first-order chi connectivity index (χ1) is 8.12. The molecule has 0 aromatic carbocycles. The van der Waals surface area contributed by atoms with Crippen LogP contribution in [-0.2, 0) is 9.22 Å². The largest absolute Gasteiger partial charge is 0.481 e. The number of aliphatic carboxylic acids is 1. The SMILES string of the molecule is CC(C)(C)[Si](C)(C)OC1CCC(CC(=O)O)CC1. The van der Waals surface area contributed by atoms with E-state index in [-0.39, 0.29) is 5.04 Å². The molecule has 18 heavy (non-hydrogen) atoms. The Hall–Kier alpha value is -0.353. The summed E-state index contributed by atoms with van der Waals surface area (Å²) in [6.07, 6.45) is 4.76. The van der Waals surface area contributed by atoms with Crippen molar-refractivity contribution in [2.24, 2.45) is 5.92 Å². The van der Waals surface area contributed by atoms with Crippen molar-refractivity contribution in [1.29, 1.82) is 0 Å². The van der Waals surface area contributed by atoms with Gasteiger partial charge in [-0.05, 0) is 49.7 Å². The molecule has 1 saturated carbocycles. The molecule has 1 aliphatic carbocycles. The number of hydrogen-bond donors (Lipinski definition) is 1. The summed E-state index contributed by atoms with van der Waals surface area (Å²) < 4.78 is 6.39. The number of carbonyl (C=O) groups is 1. The molecule has 0 aromatic heterocycles. The molecule has 0 bridgehead atoms. The topological polar surface area (TPSA) is 46.5 Å². The third-order valence-electron chi connectivity index (χ3n) is 4.52. The zero-order chi connectivity index (χ0) is 14.0. The van der Waals surface area contributed by atoms with Crippen molar-refractivity contribution in [3.05, 3.63) is 0 Å². The van der Waals surface area contributed by atoms with Gasteiger partial charge in [-0.2, -0.15) is 0 Å². The molecule has 0 unspecified atom stereocenters. The van der Waals surface area contributed by atoms with E-state index in [1.54, 1.807) is 0 Å². The van der Waals surface area contributed by atoms with Crippen molar-refractivity contribution in [1.82, 2.24) is 0 Å². The van der Waals surface area contributed by atoms with E-state index < -0.39 is 14.3 Å². The molecule has 0 aliphatic heterocycles. The van der Waals surface area contributed by atoms with Crippen molar-refractivity contribution in [2.45, 2.75) is 77.1 Å². The summed E-state index contributed by atoms with van der Waals surface area (Å²) in [7, 11) is -1.66. The highest BCUT2D eigenvalue weighted by Gasteiger charge is 2.39. The van der Waals surface area contributed by atoms with Gasteiger partial charge in [-0.25, -0.2) is 0 Å². The molecule has 106 valence electrons. The first-order valence-corrected chi connectivity index (χ1v) is 9.92. The van der Waals surface area contributed by atoms with Gasteiger partial charge in [0, 0.05) is 12.5 Å². The van der Waals surface area contributed by atoms with Gasteiger partial charge in [0.15, 0.2) is 8.32 Å². The van der Waals surface area contributed by atoms with E-state index in [2.05, 4.69) is 33.9 Å². The maximum atomic E-state index is 10.7. The van der Waals surface area contributed by atoms with Gasteiger partial charge in [0.05, 0.1) is 0 Å². The average molecular weight is 272 g/mol. The molecule has 1 rings (SSSR count). The molecule has 0 radical (unpaired) electrons. The lowest BCUT2D eigenvalue weighted by Gasteiger charge is -2.41. The minimum atomic E-state index is -1.66. The first-order valence-electron chi connectivity index (χ1n) is 7.01. The Morgan fingerprint density at radius 3 is 2.11 bits per heavy atom. The zero-order valence-corrected chi connectivity index (χ0v) is 13.5. The molecule has 0 saturated heterocycles. The van der Waals surface area contributed by atoms with Gasteiger partial charge in [0.1, 0.15) is 0 Å². The lowest BCUT2D eigenvalue weighted by atomic mass is 9.85. The monoisotopic (exact) mass is 272 g/mol. The van der Waals surface area contributed by atoms with Crippen LogP contribution in [-0.4, -0.2) is 25.5 Å². The predicted octanol–water partition coefficient (Wildman–Crippen LogP) is 4.04. The van der Waals surface area contributed by atoms with Gasteiger partial charge < -0.3 is 9.53 Å². The van der Waals surface area contributed by atoms with Gasteiger partial charge in [-0.15, -0.1) is 0 Å². The van der Waals surface area contributed by atoms with Crippen molar-refractivity contribution < 1.29 is 14.3 Å². The van der Waals surface area contributed by atoms with Crippen molar-refractivity contribution >= 4 is 14.3 Å². The second kappa shape index (κ2) is 5.74. The summed E-state index contributed by atoms with van der Waals surface area (Å²) in [5, 5.41) is 9.06. The van der Waals surface area contributed by atoms with Crippen molar-refractivity contribution in [2.75, 3.05) is 0 Å². The van der Waals surface area contributed by atoms with Crippen LogP contribution in [0.25, 0.3) is 0 Å². The van der Waals surface area contributed by atoms with Crippen LogP contribution in [0.3, 0.4) is 0 Å². The fourth-order valence-electron chi connectivity index (χ4n) is 2.29. The van der Waals surface area contributed by atoms with E-state index in [0.717, 1.165) is 25.7 Å². The second-order valence-corrected chi connectivity index (χ2v) is 11.9. The van der Waals surface area contributed by atoms with Crippen LogP contribution in [0.1, 0.15) is 52.9 Å². The van der Waals surface area contributed by atoms with Crippen LogP contribution in [0, 0.1) is 5.92 Å². The minimum Gasteiger partial charge on any atom is -0.481 e. The standard InChI is InChI=1S/C14H28O3Si/c1-14(2,3)18(4,5)17-12-8-6-11(7-9-12)10-13(15)16/h11-12H,6-10H2,1-5H3,(H,15,16). The highest BCUT2D eigenvalue weighted by Crippen LogP contribution is 2.39. The third-order valence-corrected chi connectivity index (χ3v) is 9.06. The lowest BCUT2D eigenvalue weighted by molar-refractivity contribution is -0.138. The molecule has 4 heteroatoms. The van der Waals surface area contributed by atoms with E-state index in [1.807, 2.05) is 0 Å². The van der Waals surface area contributed by atoms with Crippen molar-refractivity contribution in [3.8, 4) is 0 Å². The predicted molar refractivity (Wildman–Crippen MR) is 76.3 cm³/mol. The average Bonchev–Trinajstić information content (AvgIpc) is 2.18. The Morgan fingerprint density at radius 1 is 1.22 bits per heavy atom. The van der Waals surface area contributed by atoms with E-state index in [0.29, 0.717) is 18.4 Å². The highest BCUT2D eigenvalue weighted by molar-refractivity contribution is 6.74. The van der Waals surface area contributed by atoms with Crippen LogP contribution in [0.2, 0.25) is 18.1 Å². The van der Waals surface area contributed by atoms with Crippen LogP contribution in [0.4, 0.5) is 0 Å². The summed E-state index contributed by atoms with van der Waals surface area (Å²) in [4.78, 5) is 10.7. The third kappa shape index (κ3) is 4.39. The second-order valence-electron chi connectivity index (χ2n) is 7.12. The molecule has 3 nitrogen and oxygen atoms in total. The van der Waals surface area contributed by atoms with Gasteiger partial charge in [-0.1, -0.05) is 20.8 Å². The van der Waals surface area contributed by atoms with Crippen LogP contribution >= 0.6 is 0 Å². The number of hydrogen-bond acceptors (Lipinski definition) is 2. The zero-order valence-electron chi connectivity index (χ0n) is 12.5. The molecule has 1 N–H and O–H groups in total. The Kier molecular flexibility index (Phi) is 5.01. The molecular formula is C14H28O3Si. The van der Waals surface area contributed by atoms with E-state index >= 15 is 0 Å². The van der Waals surface area contributed by atoms with Crippen LogP contribution < -0.4 is 0 Å². The van der Waals surface area contributed by atoms with Gasteiger partial charge in [0.25, 0.3) is 0 Å². The van der Waals surface area contributed by atoms with Gasteiger partial charge >= 0.3 is 5.97 Å². The van der Waals surface area contributed by atoms with Crippen molar-refractivity contribution in [3.63, 3.8) is 0 Å². The molecule has 0 spiro atoms. The Bertz CT molecular complexity index is 286. The van der Waals surface area contributed by atoms with Crippen LogP contribution in [0.5, 0.6) is 0 Å². The Labute approximate surface area is 112 Å². The smallest absolute Gasteiger partial charge is 0.303 e. The van der Waals surface area contributed by atoms with Gasteiger partial charge in [0.2, 0.25) is 0 Å². The maximum Gasteiger partial charge on any atom is 0.303 e. The molecule has 0 heterocycles. The van der Waals surface area contributed by atoms with E-state index in [9.17, 15) is 4.79 Å². The fourth-order valence-corrected chi connectivity index (χ4v) is 3.72. The summed E-state index contributed by atoms with van der Waals surface area (Å²) in [5.74, 6) is -0.300. The summed E-state index contributed by atoms with van der Waals surface area (Å²) in [6.45, 7) is 11.4. The summed E-state index contributed by atoms with van der Waals surface area (Å²) in [6, 6.07) is 0. The summed E-state index contributed by atoms with van der Waals surface area (Å²) >= 11 is 0. The fraction of sp³-hybridized carbons (Fsp3) is 0.929. The molecule has 1 aliphatic rings. The van der Waals surface area contributed by atoms with Gasteiger partial charge in [-0.3, -0.25) is 4.79 Å². The molecular weight excluding hydrogens is 244 g/mol. The van der Waals surface area contributed by atoms with E-state index in [1.165, 1.54) is 0 Å². The first kappa shape index (κ1) is 15.7. The summed E-state index contributed by atoms with van der Waals surface area (Å²) in [5.41, 5.74) is 0. The normalized spacial score (nSPS) is 26.1. The molecule has 0 atom stereocenters.